The number of carbonyl (C=O) groups excluding carboxylic acids is 1. The first-order valence-corrected chi connectivity index (χ1v) is 10.4. The quantitative estimate of drug-likeness (QED) is 0.774. The van der Waals surface area contributed by atoms with Gasteiger partial charge in [0.15, 0.2) is 11.5 Å². The van der Waals surface area contributed by atoms with Crippen molar-refractivity contribution in [2.24, 2.45) is 0 Å². The van der Waals surface area contributed by atoms with E-state index >= 15 is 0 Å². The first kappa shape index (κ1) is 19.9. The molecule has 0 saturated heterocycles. The van der Waals surface area contributed by atoms with E-state index in [9.17, 15) is 13.2 Å². The molecule has 1 aliphatic heterocycles. The van der Waals surface area contributed by atoms with E-state index in [1.54, 1.807) is 25.3 Å². The van der Waals surface area contributed by atoms with E-state index in [-0.39, 0.29) is 23.8 Å². The summed E-state index contributed by atoms with van der Waals surface area (Å²) >= 11 is 0. The minimum absolute atomic E-state index is 0.00492. The molecule has 1 aliphatic rings. The number of nitrogens with zero attached hydrogens (tertiary/aromatic N) is 4. The monoisotopic (exact) mass is 402 g/mol. The maximum Gasteiger partial charge on any atom is 0.279 e. The van der Waals surface area contributed by atoms with Crippen molar-refractivity contribution < 1.29 is 13.2 Å². The van der Waals surface area contributed by atoms with Crippen LogP contribution in [0, 0.1) is 6.92 Å². The third-order valence-corrected chi connectivity index (χ3v) is 6.28. The highest BCUT2D eigenvalue weighted by Crippen LogP contribution is 2.23. The van der Waals surface area contributed by atoms with Crippen molar-refractivity contribution >= 4 is 33.1 Å². The second kappa shape index (κ2) is 8.03. The zero-order valence-corrected chi connectivity index (χ0v) is 16.5. The van der Waals surface area contributed by atoms with Crippen molar-refractivity contribution in [1.29, 1.82) is 0 Å². The molecule has 28 heavy (non-hydrogen) atoms. The lowest BCUT2D eigenvalue weighted by Crippen LogP contribution is -2.35. The Morgan fingerprint density at radius 1 is 1.36 bits per heavy atom. The highest BCUT2D eigenvalue weighted by molar-refractivity contribution is 7.89. The Kier molecular flexibility index (Phi) is 5.71. The molecular weight excluding hydrogens is 380 g/mol. The van der Waals surface area contributed by atoms with Crippen LogP contribution in [0.1, 0.15) is 35.1 Å². The summed E-state index contributed by atoms with van der Waals surface area (Å²) in [5.41, 5.74) is 8.14. The lowest BCUT2D eigenvalue weighted by molar-refractivity contribution is 0.102. The van der Waals surface area contributed by atoms with Gasteiger partial charge in [-0.25, -0.2) is 23.4 Å². The molecule has 0 unspecified atom stereocenters. The van der Waals surface area contributed by atoms with Crippen molar-refractivity contribution in [3.05, 3.63) is 47.6 Å². The lowest BCUT2D eigenvalue weighted by atomic mass is 10.1. The highest BCUT2D eigenvalue weighted by atomic mass is 32.2. The number of nitrogen functional groups attached to an aromatic ring is 1. The molecule has 2 aromatic rings. The summed E-state index contributed by atoms with van der Waals surface area (Å²) in [4.78, 5) is 25.1. The summed E-state index contributed by atoms with van der Waals surface area (Å²) in [6.07, 6.45) is 5.37. The fourth-order valence-electron chi connectivity index (χ4n) is 2.82. The maximum absolute atomic E-state index is 12.6. The Balaban J connectivity index is 1.81. The number of amides is 1. The molecule has 3 N–H and O–H groups in total. The fraction of sp³-hybridized carbons (Fsp3) is 0.333. The first-order chi connectivity index (χ1) is 13.3. The number of hydrogen-bond donors (Lipinski definition) is 2. The smallest absolute Gasteiger partial charge is 0.279 e. The molecule has 0 saturated carbocycles. The Hall–Kier alpha value is -2.85. The molecule has 9 nitrogen and oxygen atoms in total. The highest BCUT2D eigenvalue weighted by Gasteiger charge is 2.24. The Labute approximate surface area is 163 Å². The van der Waals surface area contributed by atoms with Crippen molar-refractivity contribution in [3.63, 3.8) is 0 Å². The van der Waals surface area contributed by atoms with Gasteiger partial charge in [-0.15, -0.1) is 0 Å². The van der Waals surface area contributed by atoms with Gasteiger partial charge in [0.05, 0.1) is 17.6 Å². The number of aryl methyl sites for hydroxylation is 1. The normalized spacial score (nSPS) is 15.1. The van der Waals surface area contributed by atoms with Crippen molar-refractivity contribution in [2.75, 3.05) is 29.9 Å². The van der Waals surface area contributed by atoms with Crippen LogP contribution in [0.3, 0.4) is 0 Å². The number of sulfonamides is 1. The van der Waals surface area contributed by atoms with Crippen LogP contribution in [0.2, 0.25) is 0 Å². The van der Waals surface area contributed by atoms with E-state index < -0.39 is 15.9 Å². The average molecular weight is 402 g/mol. The van der Waals surface area contributed by atoms with Crippen LogP contribution < -0.4 is 11.1 Å². The molecule has 0 aromatic carbocycles. The molecule has 2 aromatic heterocycles. The van der Waals surface area contributed by atoms with Crippen LogP contribution >= 0.6 is 0 Å². The summed E-state index contributed by atoms with van der Waals surface area (Å²) in [7, 11) is -3.23. The van der Waals surface area contributed by atoms with E-state index in [4.69, 9.17) is 5.73 Å². The number of rotatable bonds is 5. The van der Waals surface area contributed by atoms with Gasteiger partial charge in [-0.1, -0.05) is 6.08 Å². The molecule has 0 spiro atoms. The molecule has 1 amide bonds. The van der Waals surface area contributed by atoms with Crippen LogP contribution in [0.4, 0.5) is 11.6 Å². The third kappa shape index (κ3) is 4.34. The van der Waals surface area contributed by atoms with Crippen LogP contribution in [0.15, 0.2) is 30.6 Å². The van der Waals surface area contributed by atoms with Crippen LogP contribution in [0.5, 0.6) is 0 Å². The molecule has 0 fully saturated rings. The standard InChI is InChI=1S/C18H22N6O3S/c1-3-28(26,27)24-8-5-13(6-9-24)14-11-21-17(19)16(22-14)18(25)23-15-10-12(2)4-7-20-15/h4-5,7,10-11H,3,6,8-9H2,1-2H3,(H2,19,21)(H,20,23,25). The SMILES string of the molecule is CCS(=O)(=O)N1CC=C(c2cnc(N)c(C(=O)Nc3cc(C)ccn3)n2)CC1. The lowest BCUT2D eigenvalue weighted by Gasteiger charge is -2.25. The van der Waals surface area contributed by atoms with E-state index in [0.717, 1.165) is 11.1 Å². The summed E-state index contributed by atoms with van der Waals surface area (Å²) in [5.74, 6) is -0.0271. The van der Waals surface area contributed by atoms with Gasteiger partial charge in [0, 0.05) is 19.3 Å². The predicted molar refractivity (Wildman–Crippen MR) is 107 cm³/mol. The molecule has 10 heteroatoms. The van der Waals surface area contributed by atoms with Crippen LogP contribution in [0.25, 0.3) is 5.57 Å². The number of nitrogens with two attached hydrogens (primary N) is 1. The number of hydrogen-bond acceptors (Lipinski definition) is 7. The second-order valence-electron chi connectivity index (χ2n) is 6.40. The van der Waals surface area contributed by atoms with Gasteiger partial charge < -0.3 is 11.1 Å². The summed E-state index contributed by atoms with van der Waals surface area (Å²) in [5, 5.41) is 2.67. The molecule has 0 bridgehead atoms. The summed E-state index contributed by atoms with van der Waals surface area (Å²) < 4.78 is 25.4. The van der Waals surface area contributed by atoms with Crippen molar-refractivity contribution in [1.82, 2.24) is 19.3 Å². The summed E-state index contributed by atoms with van der Waals surface area (Å²) in [6, 6.07) is 3.56. The van der Waals surface area contributed by atoms with E-state index in [2.05, 4.69) is 20.3 Å². The molecule has 0 radical (unpaired) electrons. The van der Waals surface area contributed by atoms with Gasteiger partial charge in [-0.05, 0) is 43.5 Å². The minimum Gasteiger partial charge on any atom is -0.382 e. The van der Waals surface area contributed by atoms with Crippen LogP contribution in [-0.2, 0) is 10.0 Å². The molecule has 0 atom stereocenters. The van der Waals surface area contributed by atoms with Gasteiger partial charge in [-0.2, -0.15) is 4.31 Å². The largest absolute Gasteiger partial charge is 0.382 e. The summed E-state index contributed by atoms with van der Waals surface area (Å²) in [6.45, 7) is 4.15. The number of carbonyl (C=O) groups is 1. The fourth-order valence-corrected chi connectivity index (χ4v) is 3.85. The van der Waals surface area contributed by atoms with Gasteiger partial charge in [-0.3, -0.25) is 4.79 Å². The van der Waals surface area contributed by atoms with E-state index in [1.807, 2.05) is 13.0 Å². The predicted octanol–water partition coefficient (Wildman–Crippen LogP) is 1.45. The number of nitrogens with one attached hydrogen (secondary N) is 1. The van der Waals surface area contributed by atoms with E-state index in [1.165, 1.54) is 10.5 Å². The topological polar surface area (TPSA) is 131 Å². The van der Waals surface area contributed by atoms with Crippen molar-refractivity contribution in [3.8, 4) is 0 Å². The van der Waals surface area contributed by atoms with Gasteiger partial charge >= 0.3 is 0 Å². The van der Waals surface area contributed by atoms with Gasteiger partial charge in [0.2, 0.25) is 10.0 Å². The average Bonchev–Trinajstić information content (AvgIpc) is 2.68. The molecule has 148 valence electrons. The maximum atomic E-state index is 12.6. The zero-order valence-electron chi connectivity index (χ0n) is 15.7. The van der Waals surface area contributed by atoms with Gasteiger partial charge in [0.25, 0.3) is 5.91 Å². The number of anilines is 2. The number of aromatic nitrogens is 3. The van der Waals surface area contributed by atoms with Gasteiger partial charge in [0.1, 0.15) is 5.82 Å². The second-order valence-corrected chi connectivity index (χ2v) is 8.66. The Morgan fingerprint density at radius 2 is 2.14 bits per heavy atom. The zero-order chi connectivity index (χ0) is 20.3. The van der Waals surface area contributed by atoms with Crippen molar-refractivity contribution in [2.45, 2.75) is 20.3 Å². The third-order valence-electron chi connectivity index (χ3n) is 4.43. The van der Waals surface area contributed by atoms with Crippen LogP contribution in [-0.4, -0.2) is 52.4 Å². The minimum atomic E-state index is -3.23. The first-order valence-electron chi connectivity index (χ1n) is 8.84. The number of pyridine rings is 1. The van der Waals surface area contributed by atoms with E-state index in [0.29, 0.717) is 24.5 Å². The Bertz CT molecular complexity index is 1040. The molecule has 3 heterocycles. The molecule has 0 aliphatic carbocycles. The molecule has 3 rings (SSSR count). The molecular formula is C18H22N6O3S. The Morgan fingerprint density at radius 3 is 2.79 bits per heavy atom.